The summed E-state index contributed by atoms with van der Waals surface area (Å²) in [5.74, 6) is 1.82. The summed E-state index contributed by atoms with van der Waals surface area (Å²) in [6.45, 7) is 0. The van der Waals surface area contributed by atoms with Crippen molar-refractivity contribution in [1.82, 2.24) is 0 Å². The van der Waals surface area contributed by atoms with E-state index in [1.54, 1.807) is 0 Å². The van der Waals surface area contributed by atoms with Gasteiger partial charge in [-0.1, -0.05) is 91.0 Å². The first-order valence-corrected chi connectivity index (χ1v) is 16.7. The van der Waals surface area contributed by atoms with Gasteiger partial charge in [0.2, 0.25) is 0 Å². The largest absolute Gasteiger partial charge is 0.507 e. The fourth-order valence-electron chi connectivity index (χ4n) is 7.08. The smallest absolute Gasteiger partial charge is 0.137 e. The molecule has 0 spiro atoms. The van der Waals surface area contributed by atoms with Crippen molar-refractivity contribution in [1.29, 1.82) is 0 Å². The van der Waals surface area contributed by atoms with Crippen molar-refractivity contribution < 1.29 is 9.84 Å². The first-order valence-electron chi connectivity index (χ1n) is 16.7. The number of nitrogens with zero attached hydrogens (tertiary/aromatic N) is 2. The molecule has 0 atom stereocenters. The molecule has 1 N–H and O–H groups in total. The van der Waals surface area contributed by atoms with Gasteiger partial charge < -0.3 is 19.6 Å². The summed E-state index contributed by atoms with van der Waals surface area (Å²) in [6.07, 6.45) is 0. The first kappa shape index (κ1) is 29.4. The topological polar surface area (TPSA) is 35.9 Å². The zero-order valence-electron chi connectivity index (χ0n) is 27.1. The molecule has 0 amide bonds. The van der Waals surface area contributed by atoms with Gasteiger partial charge in [0.05, 0.1) is 0 Å². The monoisotopic (exact) mass is 644 g/mol. The number of para-hydroxylation sites is 4. The van der Waals surface area contributed by atoms with E-state index in [-0.39, 0.29) is 5.75 Å². The Hall–Kier alpha value is -6.78. The number of ether oxygens (including phenoxy) is 1. The molecule has 1 heterocycles. The highest BCUT2D eigenvalue weighted by molar-refractivity contribution is 6.10. The second-order valence-corrected chi connectivity index (χ2v) is 12.3. The molecule has 4 heteroatoms. The van der Waals surface area contributed by atoms with Gasteiger partial charge in [0.25, 0.3) is 0 Å². The molecule has 0 radical (unpaired) electrons. The predicted octanol–water partition coefficient (Wildman–Crippen LogP) is 12.9. The number of aromatic hydroxyl groups is 1. The fraction of sp³-hybridized carbons (Fsp3) is 0. The van der Waals surface area contributed by atoms with Crippen LogP contribution in [0.4, 0.5) is 34.1 Å². The van der Waals surface area contributed by atoms with E-state index in [1.807, 2.05) is 66.7 Å². The number of hydrogen-bond acceptors (Lipinski definition) is 4. The van der Waals surface area contributed by atoms with Gasteiger partial charge >= 0.3 is 0 Å². The van der Waals surface area contributed by atoms with E-state index in [1.165, 1.54) is 0 Å². The van der Waals surface area contributed by atoms with E-state index in [4.69, 9.17) is 4.74 Å². The molecule has 0 aromatic heterocycles. The number of fused-ring (bicyclic) bond motifs is 2. The van der Waals surface area contributed by atoms with Crippen molar-refractivity contribution in [2.24, 2.45) is 0 Å². The average molecular weight is 645 g/mol. The van der Waals surface area contributed by atoms with E-state index < -0.39 is 0 Å². The summed E-state index contributed by atoms with van der Waals surface area (Å²) in [4.78, 5) is 4.39. The molecule has 1 aliphatic rings. The Morgan fingerprint density at radius 1 is 0.340 bits per heavy atom. The number of phenolic OH excluding ortho intramolecular Hbond substituents is 1. The maximum Gasteiger partial charge on any atom is 0.137 e. The second kappa shape index (κ2) is 12.3. The van der Waals surface area contributed by atoms with Crippen LogP contribution < -0.4 is 14.5 Å². The molecule has 0 bridgehead atoms. The quantitative estimate of drug-likeness (QED) is 0.187. The third kappa shape index (κ3) is 5.11. The molecule has 8 aromatic rings. The third-order valence-electron chi connectivity index (χ3n) is 9.32. The van der Waals surface area contributed by atoms with Crippen LogP contribution in [0.25, 0.3) is 33.0 Å². The Labute approximate surface area is 291 Å². The van der Waals surface area contributed by atoms with Gasteiger partial charge in [0.15, 0.2) is 0 Å². The van der Waals surface area contributed by atoms with E-state index in [0.29, 0.717) is 0 Å². The van der Waals surface area contributed by atoms with Gasteiger partial charge in [-0.2, -0.15) is 0 Å². The van der Waals surface area contributed by atoms with Crippen LogP contribution in [0.1, 0.15) is 0 Å². The van der Waals surface area contributed by atoms with Crippen molar-refractivity contribution in [3.8, 4) is 39.5 Å². The van der Waals surface area contributed by atoms with Gasteiger partial charge in [-0.15, -0.1) is 0 Å². The van der Waals surface area contributed by atoms with Crippen LogP contribution >= 0.6 is 0 Å². The summed E-state index contributed by atoms with van der Waals surface area (Å²) < 4.78 is 6.69. The molecule has 8 aromatic carbocycles. The molecule has 4 nitrogen and oxygen atoms in total. The standard InChI is InChI=1S/C46H32N2O2/c49-43-30-36(47(32-14-5-1-6-15-32)33-16-7-2-8-17-33)24-26-39(43)38-28-29-44-46-41(38)22-13-23-42(46)40-27-25-37(31-45(40)50-44)48(34-18-9-3-10-19-34)35-20-11-4-12-21-35/h1-31,49H. The molecule has 0 saturated carbocycles. The highest BCUT2D eigenvalue weighted by atomic mass is 16.5. The van der Waals surface area contributed by atoms with E-state index in [9.17, 15) is 5.11 Å². The van der Waals surface area contributed by atoms with Crippen molar-refractivity contribution in [2.75, 3.05) is 9.80 Å². The minimum absolute atomic E-state index is 0.212. The summed E-state index contributed by atoms with van der Waals surface area (Å²) in [5, 5.41) is 13.7. The highest BCUT2D eigenvalue weighted by Gasteiger charge is 2.24. The van der Waals surface area contributed by atoms with Gasteiger partial charge in [-0.25, -0.2) is 0 Å². The van der Waals surface area contributed by atoms with Crippen LogP contribution in [0.15, 0.2) is 188 Å². The lowest BCUT2D eigenvalue weighted by atomic mass is 9.90. The van der Waals surface area contributed by atoms with E-state index in [0.717, 1.165) is 78.6 Å². The lowest BCUT2D eigenvalue weighted by Gasteiger charge is -2.28. The summed E-state index contributed by atoms with van der Waals surface area (Å²) in [5.41, 5.74) is 9.91. The molecule has 9 rings (SSSR count). The molecule has 0 fully saturated rings. The van der Waals surface area contributed by atoms with Crippen LogP contribution in [-0.2, 0) is 0 Å². The third-order valence-corrected chi connectivity index (χ3v) is 9.32. The minimum Gasteiger partial charge on any atom is -0.507 e. The number of hydrogen-bond donors (Lipinski definition) is 1. The second-order valence-electron chi connectivity index (χ2n) is 12.3. The zero-order valence-corrected chi connectivity index (χ0v) is 27.1. The van der Waals surface area contributed by atoms with Crippen LogP contribution in [0.2, 0.25) is 0 Å². The predicted molar refractivity (Wildman–Crippen MR) is 206 cm³/mol. The number of benzene rings is 8. The number of rotatable bonds is 7. The molecule has 0 aliphatic carbocycles. The summed E-state index contributed by atoms with van der Waals surface area (Å²) in [7, 11) is 0. The zero-order chi connectivity index (χ0) is 33.4. The SMILES string of the molecule is Oc1cc(N(c2ccccc2)c2ccccc2)ccc1-c1ccc2c3c(cccc13)-c1ccc(N(c3ccccc3)c3ccccc3)cc1O2. The Kier molecular flexibility index (Phi) is 7.25. The van der Waals surface area contributed by atoms with E-state index >= 15 is 0 Å². The highest BCUT2D eigenvalue weighted by Crippen LogP contribution is 2.51. The Balaban J connectivity index is 1.12. The van der Waals surface area contributed by atoms with Crippen molar-refractivity contribution >= 4 is 44.9 Å². The maximum absolute atomic E-state index is 11.6. The minimum atomic E-state index is 0.212. The Morgan fingerprint density at radius 2 is 0.820 bits per heavy atom. The number of phenols is 1. The van der Waals surface area contributed by atoms with Gasteiger partial charge in [-0.05, 0) is 101 Å². The molecule has 0 unspecified atom stereocenters. The molecule has 50 heavy (non-hydrogen) atoms. The molecule has 1 aliphatic heterocycles. The molecular weight excluding hydrogens is 613 g/mol. The summed E-state index contributed by atoms with van der Waals surface area (Å²) in [6, 6.07) is 64.0. The van der Waals surface area contributed by atoms with Crippen molar-refractivity contribution in [3.05, 3.63) is 188 Å². The van der Waals surface area contributed by atoms with Crippen LogP contribution in [-0.4, -0.2) is 5.11 Å². The molecule has 0 saturated heterocycles. The normalized spacial score (nSPS) is 11.4. The van der Waals surface area contributed by atoms with Crippen LogP contribution in [0.3, 0.4) is 0 Å². The maximum atomic E-state index is 11.6. The van der Waals surface area contributed by atoms with Gasteiger partial charge in [0.1, 0.15) is 17.2 Å². The summed E-state index contributed by atoms with van der Waals surface area (Å²) >= 11 is 0. The number of anilines is 6. The molecular formula is C46H32N2O2. The van der Waals surface area contributed by atoms with Crippen LogP contribution in [0.5, 0.6) is 17.2 Å². The lowest BCUT2D eigenvalue weighted by Crippen LogP contribution is -2.10. The fourth-order valence-corrected chi connectivity index (χ4v) is 7.08. The van der Waals surface area contributed by atoms with E-state index in [2.05, 4.69) is 131 Å². The average Bonchev–Trinajstić information content (AvgIpc) is 3.17. The Bertz CT molecular complexity index is 2390. The van der Waals surface area contributed by atoms with Crippen molar-refractivity contribution in [3.63, 3.8) is 0 Å². The van der Waals surface area contributed by atoms with Crippen LogP contribution in [0, 0.1) is 0 Å². The van der Waals surface area contributed by atoms with Crippen molar-refractivity contribution in [2.45, 2.75) is 0 Å². The van der Waals surface area contributed by atoms with Gasteiger partial charge in [-0.3, -0.25) is 0 Å². The molecule has 238 valence electrons. The Morgan fingerprint density at radius 3 is 1.34 bits per heavy atom. The van der Waals surface area contributed by atoms with Gasteiger partial charge in [0, 0.05) is 62.8 Å². The first-order chi connectivity index (χ1) is 24.7. The lowest BCUT2D eigenvalue weighted by molar-refractivity contribution is 0.477.